The second-order valence-electron chi connectivity index (χ2n) is 4.49. The second-order valence-corrected chi connectivity index (χ2v) is 4.49. The number of aryl methyl sites for hydroxylation is 1. The molecule has 1 aromatic carbocycles. The fourth-order valence-electron chi connectivity index (χ4n) is 1.94. The molecule has 0 amide bonds. The number of hydrogen-bond acceptors (Lipinski definition) is 5. The normalized spacial score (nSPS) is 10.3. The maximum atomic E-state index is 11.7. The molecular formula is C14H18N4O2. The molecule has 0 aliphatic carbocycles. The highest BCUT2D eigenvalue weighted by Crippen LogP contribution is 2.23. The van der Waals surface area contributed by atoms with E-state index in [2.05, 4.69) is 10.4 Å². The summed E-state index contributed by atoms with van der Waals surface area (Å²) in [6, 6.07) is 8.06. The van der Waals surface area contributed by atoms with Crippen LogP contribution in [-0.4, -0.2) is 29.9 Å². The standard InChI is InChI=1S/C14H18N4O2/c1-9-4-6-10(7-5-9)8-18-12(15)11(14(19)20-3)13(16-2)17-18/h4-7H,8,15H2,1-3H3,(H,16,17). The number of methoxy groups -OCH3 is 1. The molecular weight excluding hydrogens is 256 g/mol. The summed E-state index contributed by atoms with van der Waals surface area (Å²) < 4.78 is 6.31. The Bertz CT molecular complexity index is 617. The highest BCUT2D eigenvalue weighted by Gasteiger charge is 2.22. The summed E-state index contributed by atoms with van der Waals surface area (Å²) in [5.74, 6) is 0.213. The maximum absolute atomic E-state index is 11.7. The smallest absolute Gasteiger partial charge is 0.345 e. The third kappa shape index (κ3) is 2.59. The Labute approximate surface area is 117 Å². The van der Waals surface area contributed by atoms with Gasteiger partial charge in [0, 0.05) is 7.05 Å². The van der Waals surface area contributed by atoms with Gasteiger partial charge in [0.25, 0.3) is 0 Å². The van der Waals surface area contributed by atoms with Gasteiger partial charge in [-0.2, -0.15) is 5.10 Å². The first-order valence-electron chi connectivity index (χ1n) is 6.24. The van der Waals surface area contributed by atoms with E-state index in [1.54, 1.807) is 11.7 Å². The SMILES string of the molecule is CNc1nn(Cc2ccc(C)cc2)c(N)c1C(=O)OC. The van der Waals surface area contributed by atoms with Crippen LogP contribution in [0.15, 0.2) is 24.3 Å². The molecule has 0 radical (unpaired) electrons. The molecule has 0 saturated heterocycles. The number of carbonyl (C=O) groups is 1. The fourth-order valence-corrected chi connectivity index (χ4v) is 1.94. The minimum absolute atomic E-state index is 0.266. The van der Waals surface area contributed by atoms with Gasteiger partial charge in [-0.1, -0.05) is 29.8 Å². The summed E-state index contributed by atoms with van der Waals surface area (Å²) in [4.78, 5) is 11.7. The minimum atomic E-state index is -0.498. The van der Waals surface area contributed by atoms with E-state index in [-0.39, 0.29) is 5.56 Å². The Balaban J connectivity index is 2.35. The highest BCUT2D eigenvalue weighted by molar-refractivity contribution is 5.99. The van der Waals surface area contributed by atoms with Crippen molar-refractivity contribution in [2.45, 2.75) is 13.5 Å². The van der Waals surface area contributed by atoms with E-state index < -0.39 is 5.97 Å². The van der Waals surface area contributed by atoms with Gasteiger partial charge in [-0.3, -0.25) is 0 Å². The Morgan fingerprint density at radius 1 is 1.40 bits per heavy atom. The highest BCUT2D eigenvalue weighted by atomic mass is 16.5. The van der Waals surface area contributed by atoms with E-state index in [0.717, 1.165) is 5.56 Å². The molecule has 1 heterocycles. The predicted octanol–water partition coefficient (Wildman–Crippen LogP) is 1.65. The van der Waals surface area contributed by atoms with Crippen LogP contribution in [0.2, 0.25) is 0 Å². The number of rotatable bonds is 4. The Morgan fingerprint density at radius 2 is 2.05 bits per heavy atom. The average molecular weight is 274 g/mol. The number of nitrogen functional groups attached to an aromatic ring is 1. The van der Waals surface area contributed by atoms with Gasteiger partial charge >= 0.3 is 5.97 Å². The zero-order valence-electron chi connectivity index (χ0n) is 11.8. The molecule has 2 aromatic rings. The van der Waals surface area contributed by atoms with Crippen LogP contribution in [0.3, 0.4) is 0 Å². The lowest BCUT2D eigenvalue weighted by atomic mass is 10.1. The number of carbonyl (C=O) groups excluding carboxylic acids is 1. The quantitative estimate of drug-likeness (QED) is 0.828. The van der Waals surface area contributed by atoms with Gasteiger partial charge in [0.1, 0.15) is 11.4 Å². The van der Waals surface area contributed by atoms with Gasteiger partial charge < -0.3 is 15.8 Å². The lowest BCUT2D eigenvalue weighted by Gasteiger charge is -2.05. The van der Waals surface area contributed by atoms with Crippen LogP contribution in [0.25, 0.3) is 0 Å². The van der Waals surface area contributed by atoms with Crippen molar-refractivity contribution in [3.8, 4) is 0 Å². The molecule has 6 heteroatoms. The Kier molecular flexibility index (Phi) is 3.93. The topological polar surface area (TPSA) is 82.2 Å². The van der Waals surface area contributed by atoms with Crippen LogP contribution in [0.5, 0.6) is 0 Å². The van der Waals surface area contributed by atoms with Crippen molar-refractivity contribution < 1.29 is 9.53 Å². The first kappa shape index (κ1) is 13.9. The largest absolute Gasteiger partial charge is 0.465 e. The molecule has 3 N–H and O–H groups in total. The van der Waals surface area contributed by atoms with Crippen LogP contribution >= 0.6 is 0 Å². The number of ether oxygens (including phenoxy) is 1. The summed E-state index contributed by atoms with van der Waals surface area (Å²) in [7, 11) is 3.00. The van der Waals surface area contributed by atoms with Gasteiger partial charge in [0.2, 0.25) is 0 Å². The summed E-state index contributed by atoms with van der Waals surface area (Å²) in [6.45, 7) is 2.53. The fraction of sp³-hybridized carbons (Fsp3) is 0.286. The Hall–Kier alpha value is -2.50. The van der Waals surface area contributed by atoms with E-state index >= 15 is 0 Å². The summed E-state index contributed by atoms with van der Waals surface area (Å²) in [5, 5.41) is 7.15. The number of aromatic nitrogens is 2. The monoisotopic (exact) mass is 274 g/mol. The number of benzene rings is 1. The van der Waals surface area contributed by atoms with Gasteiger partial charge in [-0.15, -0.1) is 0 Å². The van der Waals surface area contributed by atoms with Gasteiger partial charge in [-0.25, -0.2) is 9.48 Å². The first-order chi connectivity index (χ1) is 9.56. The van der Waals surface area contributed by atoms with Gasteiger partial charge in [0.05, 0.1) is 13.7 Å². The Morgan fingerprint density at radius 3 is 2.60 bits per heavy atom. The lowest BCUT2D eigenvalue weighted by molar-refractivity contribution is 0.0603. The van der Waals surface area contributed by atoms with Gasteiger partial charge in [0.15, 0.2) is 5.82 Å². The van der Waals surface area contributed by atoms with E-state index in [1.807, 2.05) is 31.2 Å². The zero-order valence-corrected chi connectivity index (χ0v) is 11.8. The zero-order chi connectivity index (χ0) is 14.7. The summed E-state index contributed by atoms with van der Waals surface area (Å²) in [6.07, 6.45) is 0. The minimum Gasteiger partial charge on any atom is -0.465 e. The molecule has 0 saturated carbocycles. The number of hydrogen-bond donors (Lipinski definition) is 2. The molecule has 0 unspecified atom stereocenters. The number of nitrogens with zero attached hydrogens (tertiary/aromatic N) is 2. The number of esters is 1. The van der Waals surface area contributed by atoms with Crippen LogP contribution < -0.4 is 11.1 Å². The molecule has 0 bridgehead atoms. The van der Waals surface area contributed by atoms with Crippen LogP contribution in [0.4, 0.5) is 11.6 Å². The van der Waals surface area contributed by atoms with E-state index in [9.17, 15) is 4.79 Å². The molecule has 0 fully saturated rings. The molecule has 2 rings (SSSR count). The number of anilines is 2. The van der Waals surface area contributed by atoms with Crippen LogP contribution in [-0.2, 0) is 11.3 Å². The van der Waals surface area contributed by atoms with Crippen LogP contribution in [0, 0.1) is 6.92 Å². The van der Waals surface area contributed by atoms with Gasteiger partial charge in [-0.05, 0) is 12.5 Å². The first-order valence-corrected chi connectivity index (χ1v) is 6.24. The summed E-state index contributed by atoms with van der Waals surface area (Å²) in [5.41, 5.74) is 8.51. The van der Waals surface area contributed by atoms with E-state index in [0.29, 0.717) is 18.2 Å². The average Bonchev–Trinajstić information content (AvgIpc) is 2.77. The molecule has 6 nitrogen and oxygen atoms in total. The van der Waals surface area contributed by atoms with Crippen molar-refractivity contribution in [3.63, 3.8) is 0 Å². The summed E-state index contributed by atoms with van der Waals surface area (Å²) >= 11 is 0. The maximum Gasteiger partial charge on any atom is 0.345 e. The molecule has 0 spiro atoms. The van der Waals surface area contributed by atoms with Crippen molar-refractivity contribution in [1.29, 1.82) is 0 Å². The molecule has 1 aromatic heterocycles. The van der Waals surface area contributed by atoms with Crippen molar-refractivity contribution in [3.05, 3.63) is 41.0 Å². The van der Waals surface area contributed by atoms with Crippen LogP contribution in [0.1, 0.15) is 21.5 Å². The second kappa shape index (κ2) is 5.64. The molecule has 0 atom stereocenters. The van der Waals surface area contributed by atoms with Crippen molar-refractivity contribution in [2.75, 3.05) is 25.2 Å². The number of nitrogens with one attached hydrogen (secondary N) is 1. The molecule has 106 valence electrons. The molecule has 0 aliphatic rings. The third-order valence-corrected chi connectivity index (χ3v) is 3.07. The van der Waals surface area contributed by atoms with E-state index in [4.69, 9.17) is 10.5 Å². The number of nitrogens with two attached hydrogens (primary N) is 1. The lowest BCUT2D eigenvalue weighted by Crippen LogP contribution is -2.09. The third-order valence-electron chi connectivity index (χ3n) is 3.07. The molecule has 20 heavy (non-hydrogen) atoms. The van der Waals surface area contributed by atoms with Crippen molar-refractivity contribution in [1.82, 2.24) is 9.78 Å². The van der Waals surface area contributed by atoms with E-state index in [1.165, 1.54) is 12.7 Å². The predicted molar refractivity (Wildman–Crippen MR) is 77.8 cm³/mol. The van der Waals surface area contributed by atoms with Crippen molar-refractivity contribution >= 4 is 17.6 Å². The molecule has 0 aliphatic heterocycles. The van der Waals surface area contributed by atoms with Crippen molar-refractivity contribution in [2.24, 2.45) is 0 Å².